The summed E-state index contributed by atoms with van der Waals surface area (Å²) >= 11 is 6.28. The van der Waals surface area contributed by atoms with Crippen molar-refractivity contribution < 1.29 is 4.79 Å². The quantitative estimate of drug-likeness (QED) is 0.407. The first-order valence-corrected chi connectivity index (χ1v) is 13.7. The van der Waals surface area contributed by atoms with E-state index >= 15 is 0 Å². The number of rotatable bonds is 8. The molecule has 0 spiro atoms. The highest BCUT2D eigenvalue weighted by Gasteiger charge is 2.28. The minimum Gasteiger partial charge on any atom is -0.369 e. The van der Waals surface area contributed by atoms with E-state index in [1.165, 1.54) is 6.07 Å². The van der Waals surface area contributed by atoms with Crippen LogP contribution < -0.4 is 15.6 Å². The second-order valence-corrected chi connectivity index (χ2v) is 11.0. The van der Waals surface area contributed by atoms with E-state index in [0.717, 1.165) is 54.6 Å². The highest BCUT2D eigenvalue weighted by molar-refractivity contribution is 6.30. The molecule has 0 bridgehead atoms. The number of anilines is 1. The molecule has 0 radical (unpaired) electrons. The average Bonchev–Trinajstić information content (AvgIpc) is 3.31. The number of aromatic amines is 1. The Labute approximate surface area is 230 Å². The summed E-state index contributed by atoms with van der Waals surface area (Å²) in [6.45, 7) is 6.86. The minimum absolute atomic E-state index is 0.0468. The topological polar surface area (TPSA) is 86.3 Å². The van der Waals surface area contributed by atoms with Crippen LogP contribution >= 0.6 is 11.6 Å². The van der Waals surface area contributed by atoms with Crippen molar-refractivity contribution in [1.29, 1.82) is 0 Å². The van der Waals surface area contributed by atoms with Gasteiger partial charge in [-0.15, -0.1) is 0 Å². The molecular formula is C29H39ClN6O2. The van der Waals surface area contributed by atoms with Crippen molar-refractivity contribution in [3.8, 4) is 11.1 Å². The van der Waals surface area contributed by atoms with E-state index in [-0.39, 0.29) is 23.0 Å². The Kier molecular flexibility index (Phi) is 8.63. The van der Waals surface area contributed by atoms with Crippen molar-refractivity contribution in [2.75, 3.05) is 25.5 Å². The molecule has 1 aliphatic rings. The fourth-order valence-corrected chi connectivity index (χ4v) is 5.90. The maximum absolute atomic E-state index is 13.6. The highest BCUT2D eigenvalue weighted by atomic mass is 35.5. The molecule has 1 aliphatic carbocycles. The number of hydrogen-bond donors (Lipinski definition) is 2. The van der Waals surface area contributed by atoms with Crippen LogP contribution in [0.5, 0.6) is 0 Å². The van der Waals surface area contributed by atoms with Gasteiger partial charge in [0.05, 0.1) is 11.8 Å². The Morgan fingerprint density at radius 2 is 1.82 bits per heavy atom. The van der Waals surface area contributed by atoms with Crippen molar-refractivity contribution in [3.05, 3.63) is 68.4 Å². The van der Waals surface area contributed by atoms with Gasteiger partial charge in [-0.3, -0.25) is 14.3 Å². The van der Waals surface area contributed by atoms with Gasteiger partial charge >= 0.3 is 0 Å². The Bertz CT molecular complexity index is 1350. The number of carbonyl (C=O) groups is 1. The molecule has 9 heteroatoms. The minimum atomic E-state index is -0.238. The monoisotopic (exact) mass is 538 g/mol. The third kappa shape index (κ3) is 5.97. The molecule has 0 unspecified atom stereocenters. The van der Waals surface area contributed by atoms with Crippen molar-refractivity contribution in [2.24, 2.45) is 7.05 Å². The Balaban J connectivity index is 1.68. The van der Waals surface area contributed by atoms with Gasteiger partial charge < -0.3 is 20.1 Å². The number of nitrogens with one attached hydrogen (secondary N) is 2. The molecule has 4 rings (SSSR count). The smallest absolute Gasteiger partial charge is 0.251 e. The van der Waals surface area contributed by atoms with Gasteiger partial charge in [0.1, 0.15) is 5.15 Å². The predicted molar refractivity (Wildman–Crippen MR) is 154 cm³/mol. The molecule has 2 N–H and O–H groups in total. The van der Waals surface area contributed by atoms with Crippen LogP contribution in [0.4, 0.5) is 5.69 Å². The van der Waals surface area contributed by atoms with Crippen molar-refractivity contribution in [1.82, 2.24) is 25.0 Å². The van der Waals surface area contributed by atoms with Gasteiger partial charge in [-0.1, -0.05) is 11.6 Å². The van der Waals surface area contributed by atoms with Crippen LogP contribution in [0.3, 0.4) is 0 Å². The van der Waals surface area contributed by atoms with Crippen molar-refractivity contribution in [3.63, 3.8) is 0 Å². The molecule has 8 nitrogen and oxygen atoms in total. The van der Waals surface area contributed by atoms with Crippen LogP contribution in [-0.2, 0) is 13.6 Å². The molecule has 1 amide bonds. The normalized spacial score (nSPS) is 17.6. The molecule has 0 atom stereocenters. The number of benzene rings is 1. The molecule has 2 heterocycles. The van der Waals surface area contributed by atoms with Gasteiger partial charge in [0.2, 0.25) is 0 Å². The standard InChI is InChI=1S/C29H39ClN6O2/c1-7-36(23-10-8-22(9-11-23)34(4)5)26-14-20(21-15-32-35(6)17-21)13-24(19(26)3)29(38)31-16-25-27(37)12-18(2)33-28(25)30/h12-15,17,22-23H,7-11,16H2,1-6H3,(H,31,38)(H,33,37)/t22-,23-. The zero-order chi connectivity index (χ0) is 27.6. The molecule has 1 saturated carbocycles. The zero-order valence-corrected chi connectivity index (χ0v) is 24.0. The maximum Gasteiger partial charge on any atom is 0.251 e. The molecule has 38 heavy (non-hydrogen) atoms. The van der Waals surface area contributed by atoms with Gasteiger partial charge in [-0.2, -0.15) is 5.10 Å². The van der Waals surface area contributed by atoms with Crippen LogP contribution in [0.1, 0.15) is 59.8 Å². The molecule has 1 fully saturated rings. The fourth-order valence-electron chi connectivity index (χ4n) is 5.59. The van der Waals surface area contributed by atoms with Gasteiger partial charge in [0.15, 0.2) is 5.43 Å². The first-order chi connectivity index (χ1) is 18.1. The molecule has 1 aromatic carbocycles. The number of pyridine rings is 1. The van der Waals surface area contributed by atoms with E-state index in [2.05, 4.69) is 52.3 Å². The molecule has 2 aromatic heterocycles. The predicted octanol–water partition coefficient (Wildman–Crippen LogP) is 4.67. The van der Waals surface area contributed by atoms with Gasteiger partial charge in [0.25, 0.3) is 5.91 Å². The summed E-state index contributed by atoms with van der Waals surface area (Å²) in [7, 11) is 6.20. The van der Waals surface area contributed by atoms with Gasteiger partial charge in [-0.05, 0) is 83.8 Å². The zero-order valence-electron chi connectivity index (χ0n) is 23.3. The summed E-state index contributed by atoms with van der Waals surface area (Å²) in [6, 6.07) is 6.63. The second kappa shape index (κ2) is 11.7. The van der Waals surface area contributed by atoms with E-state index in [0.29, 0.717) is 28.9 Å². The lowest BCUT2D eigenvalue weighted by Crippen LogP contribution is -2.42. The highest BCUT2D eigenvalue weighted by Crippen LogP contribution is 2.35. The van der Waals surface area contributed by atoms with Gasteiger partial charge in [-0.25, -0.2) is 0 Å². The number of carbonyl (C=O) groups excluding carboxylic acids is 1. The van der Waals surface area contributed by atoms with Crippen molar-refractivity contribution in [2.45, 2.75) is 65.1 Å². The largest absolute Gasteiger partial charge is 0.369 e. The number of nitrogens with zero attached hydrogens (tertiary/aromatic N) is 4. The molecule has 0 saturated heterocycles. The van der Waals surface area contributed by atoms with E-state index in [1.807, 2.05) is 32.4 Å². The Morgan fingerprint density at radius 3 is 2.39 bits per heavy atom. The number of aryl methyl sites for hydroxylation is 2. The summed E-state index contributed by atoms with van der Waals surface area (Å²) in [6.07, 6.45) is 8.33. The van der Waals surface area contributed by atoms with Gasteiger partial charge in [0, 0.05) is 67.0 Å². The van der Waals surface area contributed by atoms with E-state index in [9.17, 15) is 9.59 Å². The fraction of sp³-hybridized carbons (Fsp3) is 0.483. The first kappa shape index (κ1) is 27.9. The molecule has 0 aliphatic heterocycles. The molecule has 204 valence electrons. The third-order valence-corrected chi connectivity index (χ3v) is 8.12. The number of hydrogen-bond acceptors (Lipinski definition) is 5. The van der Waals surface area contributed by atoms with E-state index in [1.54, 1.807) is 11.6 Å². The van der Waals surface area contributed by atoms with Crippen molar-refractivity contribution >= 4 is 23.2 Å². The lowest BCUT2D eigenvalue weighted by molar-refractivity contribution is 0.0950. The van der Waals surface area contributed by atoms with E-state index < -0.39 is 0 Å². The van der Waals surface area contributed by atoms with Crippen LogP contribution in [0.2, 0.25) is 5.15 Å². The Hall–Kier alpha value is -3.10. The van der Waals surface area contributed by atoms with Crippen LogP contribution in [0, 0.1) is 13.8 Å². The summed E-state index contributed by atoms with van der Waals surface area (Å²) in [5.41, 5.74) is 5.30. The summed E-state index contributed by atoms with van der Waals surface area (Å²) in [4.78, 5) is 33.8. The average molecular weight is 539 g/mol. The summed E-state index contributed by atoms with van der Waals surface area (Å²) < 4.78 is 1.76. The van der Waals surface area contributed by atoms with E-state index in [4.69, 9.17) is 11.6 Å². The Morgan fingerprint density at radius 1 is 1.13 bits per heavy atom. The summed E-state index contributed by atoms with van der Waals surface area (Å²) in [5.74, 6) is -0.238. The SMILES string of the molecule is CCN(c1cc(-c2cnn(C)c2)cc(C(=O)NCc2c(Cl)[nH]c(C)cc2=O)c1C)[C@H]1CC[C@H](N(C)C)CC1. The first-order valence-electron chi connectivity index (χ1n) is 13.3. The summed E-state index contributed by atoms with van der Waals surface area (Å²) in [5, 5.41) is 7.53. The number of halogens is 1. The van der Waals surface area contributed by atoms with Crippen LogP contribution in [-0.4, -0.2) is 58.3 Å². The van der Waals surface area contributed by atoms with Crippen LogP contribution in [0.25, 0.3) is 11.1 Å². The van der Waals surface area contributed by atoms with Crippen LogP contribution in [0.15, 0.2) is 35.4 Å². The number of aromatic nitrogens is 3. The maximum atomic E-state index is 13.6. The number of H-pyrrole nitrogens is 1. The lowest BCUT2D eigenvalue weighted by Gasteiger charge is -2.40. The second-order valence-electron chi connectivity index (χ2n) is 10.6. The lowest BCUT2D eigenvalue weighted by atomic mass is 9.88. The number of amides is 1. The molecular weight excluding hydrogens is 500 g/mol. The third-order valence-electron chi connectivity index (χ3n) is 7.79. The molecule has 3 aromatic rings.